The average Bonchev–Trinajstić information content (AvgIpc) is 3.68. The molecule has 2 N–H and O–H groups in total. The number of carbonyl (C=O) groups is 2. The summed E-state index contributed by atoms with van der Waals surface area (Å²) in [6.07, 6.45) is 3.58. The number of H-pyrrole nitrogens is 2. The van der Waals surface area contributed by atoms with E-state index in [1.807, 2.05) is 76.2 Å². The van der Waals surface area contributed by atoms with Crippen LogP contribution >= 0.6 is 0 Å². The quantitative estimate of drug-likeness (QED) is 0.104. The smallest absolute Gasteiger partial charge is 0.262 e. The van der Waals surface area contributed by atoms with Crippen molar-refractivity contribution in [1.29, 1.82) is 0 Å². The van der Waals surface area contributed by atoms with Crippen LogP contribution in [0.3, 0.4) is 0 Å². The van der Waals surface area contributed by atoms with E-state index in [0.717, 1.165) is 45.9 Å². The SMILES string of the molecule is CC(C)CC(=O)N(Cc1ncc(-c2ccc(C#Cc3ccc(-c4cnc(CN(CC(C)(F)F)C(=O)CC(C)C)[nH]4)cc3)cc2)[nH]1)CC(C)(F)F. The lowest BCUT2D eigenvalue weighted by Crippen LogP contribution is -2.39. The van der Waals surface area contributed by atoms with Gasteiger partial charge < -0.3 is 19.8 Å². The highest BCUT2D eigenvalue weighted by Gasteiger charge is 2.30. The maximum Gasteiger partial charge on any atom is 0.262 e. The van der Waals surface area contributed by atoms with E-state index in [2.05, 4.69) is 31.8 Å². The Morgan fingerprint density at radius 2 is 1.00 bits per heavy atom. The number of nitrogens with one attached hydrogen (secondary N) is 2. The second kappa shape index (κ2) is 16.2. The Morgan fingerprint density at radius 3 is 1.30 bits per heavy atom. The van der Waals surface area contributed by atoms with Gasteiger partial charge in [-0.15, -0.1) is 0 Å². The Morgan fingerprint density at radius 1 is 0.660 bits per heavy atom. The molecule has 50 heavy (non-hydrogen) atoms. The van der Waals surface area contributed by atoms with Crippen LogP contribution in [0.1, 0.15) is 77.2 Å². The van der Waals surface area contributed by atoms with Crippen LogP contribution in [0.2, 0.25) is 0 Å². The summed E-state index contributed by atoms with van der Waals surface area (Å²) in [6.45, 7) is 7.62. The molecule has 0 aliphatic rings. The molecule has 0 aliphatic carbocycles. The fourth-order valence-corrected chi connectivity index (χ4v) is 5.24. The molecule has 2 amide bonds. The number of imidazole rings is 2. The minimum absolute atomic E-state index is 0.0443. The fraction of sp³-hybridized carbons (Fsp3) is 0.421. The molecule has 0 unspecified atom stereocenters. The number of rotatable bonds is 14. The third-order valence-corrected chi connectivity index (χ3v) is 7.49. The Kier molecular flexibility index (Phi) is 12.3. The van der Waals surface area contributed by atoms with Gasteiger partial charge in [0.1, 0.15) is 11.6 Å². The molecule has 4 rings (SSSR count). The molecule has 0 bridgehead atoms. The zero-order valence-electron chi connectivity index (χ0n) is 29.3. The second-order valence-corrected chi connectivity index (χ2v) is 13.7. The number of carbonyl (C=O) groups excluding carboxylic acids is 2. The minimum atomic E-state index is -3.02. The molecule has 2 aromatic heterocycles. The molecular weight excluding hydrogens is 648 g/mol. The predicted molar refractivity (Wildman–Crippen MR) is 185 cm³/mol. The molecule has 0 spiro atoms. The van der Waals surface area contributed by atoms with Crippen LogP contribution in [-0.4, -0.2) is 66.5 Å². The Hall–Kier alpha value is -4.92. The topological polar surface area (TPSA) is 98.0 Å². The molecule has 8 nitrogen and oxygen atoms in total. The number of aromatic amines is 2. The first-order valence-electron chi connectivity index (χ1n) is 16.6. The van der Waals surface area contributed by atoms with E-state index in [4.69, 9.17) is 0 Å². The molecule has 2 heterocycles. The summed E-state index contributed by atoms with van der Waals surface area (Å²) in [5, 5.41) is 0. The van der Waals surface area contributed by atoms with E-state index in [1.54, 1.807) is 12.4 Å². The molecule has 0 aliphatic heterocycles. The van der Waals surface area contributed by atoms with Crippen LogP contribution in [0, 0.1) is 23.7 Å². The molecule has 0 saturated carbocycles. The zero-order valence-corrected chi connectivity index (χ0v) is 29.3. The lowest BCUT2D eigenvalue weighted by Gasteiger charge is -2.25. The van der Waals surface area contributed by atoms with E-state index < -0.39 is 24.9 Å². The first-order chi connectivity index (χ1) is 23.4. The number of nitrogens with zero attached hydrogens (tertiary/aromatic N) is 4. The van der Waals surface area contributed by atoms with Crippen LogP contribution in [-0.2, 0) is 22.7 Å². The van der Waals surface area contributed by atoms with Crippen molar-refractivity contribution < 1.29 is 27.2 Å². The van der Waals surface area contributed by atoms with E-state index in [9.17, 15) is 27.2 Å². The van der Waals surface area contributed by atoms with Gasteiger partial charge >= 0.3 is 0 Å². The number of benzene rings is 2. The van der Waals surface area contributed by atoms with Crippen molar-refractivity contribution in [2.45, 2.75) is 79.3 Å². The summed E-state index contributed by atoms with van der Waals surface area (Å²) in [7, 11) is 0. The van der Waals surface area contributed by atoms with Gasteiger partial charge in [-0.2, -0.15) is 0 Å². The summed E-state index contributed by atoms with van der Waals surface area (Å²) in [5.74, 6) is 0.468. The lowest BCUT2D eigenvalue weighted by molar-refractivity contribution is -0.138. The summed E-state index contributed by atoms with van der Waals surface area (Å²) in [5.41, 5.74) is 4.59. The van der Waals surface area contributed by atoms with Crippen molar-refractivity contribution in [3.63, 3.8) is 0 Å². The molecule has 2 aromatic carbocycles. The van der Waals surface area contributed by atoms with Crippen molar-refractivity contribution in [1.82, 2.24) is 29.7 Å². The second-order valence-electron chi connectivity index (χ2n) is 13.7. The van der Waals surface area contributed by atoms with Crippen molar-refractivity contribution in [2.75, 3.05) is 13.1 Å². The predicted octanol–water partition coefficient (Wildman–Crippen LogP) is 7.93. The third-order valence-electron chi connectivity index (χ3n) is 7.49. The van der Waals surface area contributed by atoms with Gasteiger partial charge in [-0.3, -0.25) is 9.59 Å². The first-order valence-corrected chi connectivity index (χ1v) is 16.6. The molecule has 12 heteroatoms. The highest BCUT2D eigenvalue weighted by atomic mass is 19.3. The monoisotopic (exact) mass is 692 g/mol. The van der Waals surface area contributed by atoms with Crippen molar-refractivity contribution in [3.8, 4) is 34.4 Å². The Labute approximate surface area is 290 Å². The van der Waals surface area contributed by atoms with E-state index in [1.165, 1.54) is 0 Å². The maximum absolute atomic E-state index is 13.8. The fourth-order valence-electron chi connectivity index (χ4n) is 5.24. The maximum atomic E-state index is 13.8. The van der Waals surface area contributed by atoms with Crippen molar-refractivity contribution in [3.05, 3.63) is 83.7 Å². The molecular formula is C38H44F4N6O2. The average molecular weight is 693 g/mol. The Bertz CT molecular complexity index is 1660. The number of hydrogen-bond acceptors (Lipinski definition) is 4. The van der Waals surface area contributed by atoms with Gasteiger partial charge in [0.2, 0.25) is 11.8 Å². The van der Waals surface area contributed by atoms with Crippen LogP contribution in [0.25, 0.3) is 22.5 Å². The third kappa shape index (κ3) is 11.9. The van der Waals surface area contributed by atoms with Gasteiger partial charge in [0.05, 0.1) is 50.0 Å². The number of aromatic nitrogens is 4. The van der Waals surface area contributed by atoms with Crippen LogP contribution in [0.4, 0.5) is 17.6 Å². The molecule has 266 valence electrons. The summed E-state index contributed by atoms with van der Waals surface area (Å²) in [4.78, 5) is 42.4. The highest BCUT2D eigenvalue weighted by molar-refractivity contribution is 5.77. The summed E-state index contributed by atoms with van der Waals surface area (Å²) in [6, 6.07) is 15.0. The first kappa shape index (κ1) is 37.9. The normalized spacial score (nSPS) is 11.8. The molecule has 0 saturated heterocycles. The lowest BCUT2D eigenvalue weighted by atomic mass is 10.1. The van der Waals surface area contributed by atoms with Gasteiger partial charge in [0.25, 0.3) is 11.8 Å². The highest BCUT2D eigenvalue weighted by Crippen LogP contribution is 2.23. The van der Waals surface area contributed by atoms with Gasteiger partial charge in [-0.25, -0.2) is 27.5 Å². The summed E-state index contributed by atoms with van der Waals surface area (Å²) >= 11 is 0. The minimum Gasteiger partial charge on any atom is -0.341 e. The van der Waals surface area contributed by atoms with E-state index in [0.29, 0.717) is 23.0 Å². The van der Waals surface area contributed by atoms with Gasteiger partial charge in [0, 0.05) is 37.8 Å². The standard InChI is InChI=1S/C38H44F4N6O2/c1-25(2)17-35(49)47(23-37(5,39)40)21-33-43-19-31(45-33)29-13-9-27(10-14-29)7-8-28-11-15-30(16-12-28)32-20-44-34(46-32)22-48(24-38(6,41)42)36(50)18-26(3)4/h9-16,19-20,25-26H,17-18,21-24H2,1-6H3,(H,43,45)(H,44,46). The molecule has 0 radical (unpaired) electrons. The zero-order chi connectivity index (χ0) is 36.6. The number of alkyl halides is 4. The summed E-state index contributed by atoms with van der Waals surface area (Å²) < 4.78 is 55.2. The van der Waals surface area contributed by atoms with Gasteiger partial charge in [-0.1, -0.05) is 63.8 Å². The molecule has 0 atom stereocenters. The van der Waals surface area contributed by atoms with E-state index >= 15 is 0 Å². The van der Waals surface area contributed by atoms with Crippen LogP contribution < -0.4 is 0 Å². The van der Waals surface area contributed by atoms with Crippen LogP contribution in [0.5, 0.6) is 0 Å². The van der Waals surface area contributed by atoms with Gasteiger partial charge in [0.15, 0.2) is 0 Å². The van der Waals surface area contributed by atoms with Gasteiger partial charge in [-0.05, 0) is 47.2 Å². The number of halogens is 4. The Balaban J connectivity index is 1.38. The van der Waals surface area contributed by atoms with Crippen molar-refractivity contribution >= 4 is 11.8 Å². The van der Waals surface area contributed by atoms with Crippen LogP contribution in [0.15, 0.2) is 60.9 Å². The molecule has 4 aromatic rings. The van der Waals surface area contributed by atoms with Crippen molar-refractivity contribution in [2.24, 2.45) is 11.8 Å². The largest absolute Gasteiger partial charge is 0.341 e. The number of amides is 2. The number of hydrogen-bond donors (Lipinski definition) is 2. The molecule has 0 fully saturated rings. The van der Waals surface area contributed by atoms with E-state index in [-0.39, 0.29) is 49.6 Å².